The molecule has 0 amide bonds. The number of hydrogen-bond donors (Lipinski definition) is 0. The Bertz CT molecular complexity index is 1660. The van der Waals surface area contributed by atoms with Crippen molar-refractivity contribution in [2.75, 3.05) is 0 Å². The molecule has 0 fully saturated rings. The summed E-state index contributed by atoms with van der Waals surface area (Å²) >= 11 is 1.82. The first-order valence-corrected chi connectivity index (χ1v) is 12.4. The van der Waals surface area contributed by atoms with E-state index < -0.39 is 5.89 Å². The lowest BCUT2D eigenvalue weighted by atomic mass is 9.99. The van der Waals surface area contributed by atoms with E-state index in [1.807, 2.05) is 43.5 Å². The van der Waals surface area contributed by atoms with Gasteiger partial charge in [-0.05, 0) is 51.9 Å². The maximum atomic E-state index is 8.43. The van der Waals surface area contributed by atoms with Gasteiger partial charge in [-0.2, -0.15) is 0 Å². The first-order valence-electron chi connectivity index (χ1n) is 12.1. The molecule has 164 valence electrons. The van der Waals surface area contributed by atoms with Gasteiger partial charge >= 0.3 is 0 Å². The van der Waals surface area contributed by atoms with Crippen LogP contribution in [0.2, 0.25) is 0 Å². The zero-order valence-corrected chi connectivity index (χ0v) is 20.1. The van der Waals surface area contributed by atoms with Crippen molar-refractivity contribution < 1.29 is 1.37 Å². The average Bonchev–Trinajstić information content (AvgIpc) is 3.27. The fourth-order valence-corrected chi connectivity index (χ4v) is 5.82. The predicted octanol–water partition coefficient (Wildman–Crippen LogP) is 9.57. The molecule has 34 heavy (non-hydrogen) atoms. The summed E-state index contributed by atoms with van der Waals surface area (Å²) in [5.74, 6) is -0.656. The van der Waals surface area contributed by atoms with E-state index >= 15 is 0 Å². The number of fused-ring (bicyclic) bond motifs is 3. The van der Waals surface area contributed by atoms with Crippen LogP contribution in [0.3, 0.4) is 0 Å². The Morgan fingerprint density at radius 1 is 0.676 bits per heavy atom. The van der Waals surface area contributed by atoms with Gasteiger partial charge in [-0.1, -0.05) is 98.8 Å². The summed E-state index contributed by atoms with van der Waals surface area (Å²) < 4.78 is 10.9. The summed E-state index contributed by atoms with van der Waals surface area (Å²) in [6.45, 7) is 3.83. The van der Waals surface area contributed by atoms with Crippen LogP contribution < -0.4 is 0 Å². The van der Waals surface area contributed by atoms with E-state index in [2.05, 4.69) is 96.0 Å². The van der Waals surface area contributed by atoms with E-state index in [1.54, 1.807) is 0 Å². The van der Waals surface area contributed by atoms with E-state index in [9.17, 15) is 0 Å². The predicted molar refractivity (Wildman–Crippen MR) is 148 cm³/mol. The molecule has 0 aliphatic rings. The first kappa shape index (κ1) is 19.7. The molecule has 0 atom stereocenters. The van der Waals surface area contributed by atoms with E-state index in [-0.39, 0.29) is 0 Å². The number of thiophene rings is 1. The summed E-state index contributed by atoms with van der Waals surface area (Å²) in [5, 5.41) is 2.53. The lowest BCUT2D eigenvalue weighted by Gasteiger charge is -2.08. The lowest BCUT2D eigenvalue weighted by molar-refractivity contribution is 0.864. The molecule has 0 radical (unpaired) electrons. The van der Waals surface area contributed by atoms with Crippen molar-refractivity contribution in [2.45, 2.75) is 19.7 Å². The van der Waals surface area contributed by atoms with E-state index in [0.717, 1.165) is 16.8 Å². The Labute approximate surface area is 205 Å². The zero-order chi connectivity index (χ0) is 24.0. The van der Waals surface area contributed by atoms with Crippen molar-refractivity contribution in [2.24, 2.45) is 0 Å². The van der Waals surface area contributed by atoms with Crippen LogP contribution in [-0.4, -0.2) is 4.98 Å². The summed E-state index contributed by atoms with van der Waals surface area (Å²) in [4.78, 5) is 4.67. The minimum atomic E-state index is -0.656. The topological polar surface area (TPSA) is 12.9 Å². The summed E-state index contributed by atoms with van der Waals surface area (Å²) in [6, 6.07) is 36.5. The molecule has 2 aromatic heterocycles. The van der Waals surface area contributed by atoms with Crippen molar-refractivity contribution in [1.29, 1.82) is 0 Å². The Morgan fingerprint density at radius 3 is 2.15 bits per heavy atom. The molecule has 0 spiro atoms. The third-order valence-electron chi connectivity index (χ3n) is 6.44. The molecule has 0 N–H and O–H groups in total. The van der Waals surface area contributed by atoms with Crippen LogP contribution in [0.5, 0.6) is 0 Å². The lowest BCUT2D eigenvalue weighted by Crippen LogP contribution is -1.90. The Balaban J connectivity index is 1.42. The number of aromatic nitrogens is 1. The van der Waals surface area contributed by atoms with Gasteiger partial charge in [0.05, 0.1) is 5.69 Å². The monoisotopic (exact) mass is 456 g/mol. The molecule has 2 heteroatoms. The second-order valence-corrected chi connectivity index (χ2v) is 9.92. The molecule has 0 unspecified atom stereocenters. The second-order valence-electron chi connectivity index (χ2n) is 8.87. The highest BCUT2D eigenvalue weighted by Crippen LogP contribution is 2.41. The molecular formula is C32H25NS. The van der Waals surface area contributed by atoms with Gasteiger partial charge < -0.3 is 0 Å². The molecule has 0 bridgehead atoms. The van der Waals surface area contributed by atoms with Crippen molar-refractivity contribution in [3.63, 3.8) is 0 Å². The van der Waals surface area contributed by atoms with E-state index in [1.165, 1.54) is 42.4 Å². The number of pyridine rings is 1. The van der Waals surface area contributed by atoms with Crippen LogP contribution in [0.4, 0.5) is 0 Å². The average molecular weight is 457 g/mol. The largest absolute Gasteiger partial charge is 0.256 e. The summed E-state index contributed by atoms with van der Waals surface area (Å²) in [7, 11) is 0. The number of rotatable bonds is 4. The van der Waals surface area contributed by atoms with Gasteiger partial charge in [0.25, 0.3) is 0 Å². The molecule has 0 saturated heterocycles. The van der Waals surface area contributed by atoms with Crippen LogP contribution in [0.1, 0.15) is 26.7 Å². The van der Waals surface area contributed by atoms with Crippen molar-refractivity contribution >= 4 is 31.5 Å². The van der Waals surface area contributed by atoms with E-state index in [0.29, 0.717) is 0 Å². The molecule has 0 saturated carbocycles. The quantitative estimate of drug-likeness (QED) is 0.257. The molecule has 6 rings (SSSR count). The molecular weight excluding hydrogens is 430 g/mol. The Kier molecular flexibility index (Phi) is 4.95. The van der Waals surface area contributed by atoms with Crippen LogP contribution in [0, 0.1) is 0 Å². The van der Waals surface area contributed by atoms with Crippen LogP contribution >= 0.6 is 11.3 Å². The van der Waals surface area contributed by atoms with Gasteiger partial charge in [0.1, 0.15) is 0 Å². The maximum absolute atomic E-state index is 8.43. The van der Waals surface area contributed by atoms with Gasteiger partial charge in [0, 0.05) is 33.3 Å². The maximum Gasteiger partial charge on any atom is 0.0719 e. The molecule has 0 aliphatic heterocycles. The number of benzene rings is 4. The minimum absolute atomic E-state index is 0.656. The SMILES string of the molecule is [2H]C(C)(C)c1ccnc(-c2cccc3c2sc2cc(-c4ccc(-c5ccccc5)cc4)ccc23)c1. The standard InChI is InChI=1S/C32H25NS/c1-21(2)25-17-18-33-30(19-25)29-10-6-9-28-27-16-15-26(20-31(27)34-32(28)29)24-13-11-23(12-14-24)22-7-4-3-5-8-22/h3-21H,1-2H3/i21D. The zero-order valence-electron chi connectivity index (χ0n) is 20.2. The van der Waals surface area contributed by atoms with Gasteiger partial charge in [0.2, 0.25) is 0 Å². The number of hydrogen-bond acceptors (Lipinski definition) is 2. The third kappa shape index (κ3) is 3.70. The molecule has 6 aromatic rings. The third-order valence-corrected chi connectivity index (χ3v) is 7.64. The normalized spacial score (nSPS) is 12.2. The number of nitrogens with zero attached hydrogens (tertiary/aromatic N) is 1. The van der Waals surface area contributed by atoms with Crippen molar-refractivity contribution in [3.8, 4) is 33.5 Å². The first-order chi connectivity index (χ1) is 17.0. The molecule has 0 aliphatic carbocycles. The highest BCUT2D eigenvalue weighted by Gasteiger charge is 2.13. The molecule has 1 nitrogen and oxygen atoms in total. The highest BCUT2D eigenvalue weighted by atomic mass is 32.1. The molecule has 2 heterocycles. The minimum Gasteiger partial charge on any atom is -0.256 e. The van der Waals surface area contributed by atoms with Gasteiger partial charge in [-0.15, -0.1) is 11.3 Å². The fourth-order valence-electron chi connectivity index (χ4n) is 4.55. The smallest absolute Gasteiger partial charge is 0.0719 e. The van der Waals surface area contributed by atoms with Gasteiger partial charge in [-0.25, -0.2) is 0 Å². The summed E-state index contributed by atoms with van der Waals surface area (Å²) in [6.07, 6.45) is 1.82. The van der Waals surface area contributed by atoms with Crippen LogP contribution in [0.15, 0.2) is 109 Å². The molecule has 4 aromatic carbocycles. The van der Waals surface area contributed by atoms with Crippen LogP contribution in [0.25, 0.3) is 53.7 Å². The van der Waals surface area contributed by atoms with Crippen molar-refractivity contribution in [3.05, 3.63) is 115 Å². The Morgan fingerprint density at radius 2 is 1.38 bits per heavy atom. The van der Waals surface area contributed by atoms with Crippen LogP contribution in [-0.2, 0) is 0 Å². The van der Waals surface area contributed by atoms with Gasteiger partial charge in [-0.3, -0.25) is 4.98 Å². The fraction of sp³-hybridized carbons (Fsp3) is 0.0938. The van der Waals surface area contributed by atoms with E-state index in [4.69, 9.17) is 1.37 Å². The summed E-state index contributed by atoms with van der Waals surface area (Å²) in [5.41, 5.74) is 7.94. The van der Waals surface area contributed by atoms with Gasteiger partial charge in [0.15, 0.2) is 0 Å². The Hall–Kier alpha value is -3.75. The van der Waals surface area contributed by atoms with Crippen molar-refractivity contribution in [1.82, 2.24) is 4.98 Å². The second kappa shape index (κ2) is 8.55. The highest BCUT2D eigenvalue weighted by molar-refractivity contribution is 7.26.